The fourth-order valence-electron chi connectivity index (χ4n) is 2.73. The Bertz CT molecular complexity index is 754. The zero-order chi connectivity index (χ0) is 19.1. The van der Waals surface area contributed by atoms with Crippen molar-refractivity contribution in [1.29, 1.82) is 5.41 Å². The summed E-state index contributed by atoms with van der Waals surface area (Å²) in [6, 6.07) is 11.2. The first kappa shape index (κ1) is 22.3. The standard InChI is InChI=1S/C20H25N3O3.ClH/c1-3-5-13-10-15(12-17(11-13)26-4-2)18(20(24)25)23-16-8-6-14(7-9-16)19(21)22;/h6-12,18,23H,3-5H2,1-2H3,(H3,21,22)(H,24,25);1H/p-1. The van der Waals surface area contributed by atoms with Crippen molar-refractivity contribution in [2.75, 3.05) is 11.9 Å². The molecule has 0 aromatic heterocycles. The molecule has 1 unspecified atom stereocenters. The number of carboxylic acids is 1. The first-order chi connectivity index (χ1) is 12.4. The van der Waals surface area contributed by atoms with Crippen molar-refractivity contribution in [3.63, 3.8) is 0 Å². The topological polar surface area (TPSA) is 111 Å². The third kappa shape index (κ3) is 6.18. The Morgan fingerprint density at radius 3 is 2.41 bits per heavy atom. The molecule has 2 rings (SSSR count). The van der Waals surface area contributed by atoms with E-state index in [1.807, 2.05) is 19.1 Å². The largest absolute Gasteiger partial charge is 0.548 e. The van der Waals surface area contributed by atoms with Crippen LogP contribution < -0.4 is 20.9 Å². The third-order valence-electron chi connectivity index (χ3n) is 3.91. The predicted octanol–water partition coefficient (Wildman–Crippen LogP) is 2.65. The van der Waals surface area contributed by atoms with E-state index in [1.54, 1.807) is 30.3 Å². The van der Waals surface area contributed by atoms with Crippen molar-refractivity contribution in [1.82, 2.24) is 0 Å². The number of carbonyl (C=O) groups excluding carboxylic acids is 1. The second-order valence-corrected chi connectivity index (χ2v) is 5.98. The number of aliphatic carboxylic acids is 1. The minimum absolute atomic E-state index is 0. The summed E-state index contributed by atoms with van der Waals surface area (Å²) in [5.74, 6) is -0.619. The number of rotatable bonds is 9. The quantitative estimate of drug-likeness (QED) is 0.450. The molecular weight excluding hydrogens is 366 g/mol. The molecule has 0 aliphatic heterocycles. The van der Waals surface area contributed by atoms with Crippen molar-refractivity contribution < 1.29 is 14.6 Å². The van der Waals surface area contributed by atoms with Gasteiger partial charge in [-0.1, -0.05) is 19.4 Å². The van der Waals surface area contributed by atoms with E-state index in [-0.39, 0.29) is 18.2 Å². The van der Waals surface area contributed by atoms with E-state index in [0.717, 1.165) is 18.4 Å². The maximum Gasteiger partial charge on any atom is 0.122 e. The second-order valence-electron chi connectivity index (χ2n) is 5.98. The number of benzene rings is 2. The molecule has 0 spiro atoms. The molecule has 0 saturated carbocycles. The number of carbonyl (C=O) groups is 1. The van der Waals surface area contributed by atoms with Crippen LogP contribution in [-0.4, -0.2) is 18.4 Å². The van der Waals surface area contributed by atoms with Crippen LogP contribution in [0.5, 0.6) is 5.75 Å². The van der Waals surface area contributed by atoms with E-state index >= 15 is 0 Å². The maximum absolute atomic E-state index is 11.7. The number of carboxylic acid groups (broad SMARTS) is 1. The Morgan fingerprint density at radius 1 is 1.22 bits per heavy atom. The highest BCUT2D eigenvalue weighted by molar-refractivity contribution is 5.95. The van der Waals surface area contributed by atoms with Gasteiger partial charge in [0, 0.05) is 11.3 Å². The van der Waals surface area contributed by atoms with Crippen LogP contribution in [-0.2, 0) is 11.2 Å². The van der Waals surface area contributed by atoms with Gasteiger partial charge in [-0.15, -0.1) is 12.4 Å². The molecule has 146 valence electrons. The Labute approximate surface area is 165 Å². The van der Waals surface area contributed by atoms with E-state index in [1.165, 1.54) is 0 Å². The van der Waals surface area contributed by atoms with E-state index in [4.69, 9.17) is 15.9 Å². The van der Waals surface area contributed by atoms with Crippen LogP contribution >= 0.6 is 12.4 Å². The molecule has 1 atom stereocenters. The molecule has 4 N–H and O–H groups in total. The van der Waals surface area contributed by atoms with Gasteiger partial charge in [-0.2, -0.15) is 0 Å². The summed E-state index contributed by atoms with van der Waals surface area (Å²) in [5, 5.41) is 22.1. The predicted molar refractivity (Wildman–Crippen MR) is 108 cm³/mol. The van der Waals surface area contributed by atoms with E-state index in [2.05, 4.69) is 12.2 Å². The first-order valence-electron chi connectivity index (χ1n) is 8.63. The second kappa shape index (κ2) is 10.4. The minimum Gasteiger partial charge on any atom is -0.548 e. The summed E-state index contributed by atoms with van der Waals surface area (Å²) >= 11 is 0. The molecule has 0 fully saturated rings. The number of nitrogens with one attached hydrogen (secondary N) is 2. The van der Waals surface area contributed by atoms with Crippen molar-refractivity contribution in [2.24, 2.45) is 5.73 Å². The highest BCUT2D eigenvalue weighted by Crippen LogP contribution is 2.26. The van der Waals surface area contributed by atoms with Crippen LogP contribution in [0.3, 0.4) is 0 Å². The van der Waals surface area contributed by atoms with Gasteiger partial charge in [0.25, 0.3) is 0 Å². The van der Waals surface area contributed by atoms with Gasteiger partial charge in [0.2, 0.25) is 0 Å². The van der Waals surface area contributed by atoms with Crippen molar-refractivity contribution >= 4 is 29.9 Å². The highest BCUT2D eigenvalue weighted by Gasteiger charge is 2.15. The van der Waals surface area contributed by atoms with Crippen molar-refractivity contribution in [3.05, 3.63) is 59.2 Å². The summed E-state index contributed by atoms with van der Waals surface area (Å²) in [6.45, 7) is 4.46. The molecule has 27 heavy (non-hydrogen) atoms. The molecule has 7 heteroatoms. The molecule has 0 bridgehead atoms. The number of amidine groups is 1. The van der Waals surface area contributed by atoms with Crippen LogP contribution in [0.2, 0.25) is 0 Å². The molecule has 0 radical (unpaired) electrons. The minimum atomic E-state index is -1.23. The number of ether oxygens (including phenoxy) is 1. The molecule has 6 nitrogen and oxygen atoms in total. The molecule has 0 aliphatic rings. The molecule has 2 aromatic rings. The Morgan fingerprint density at radius 2 is 1.89 bits per heavy atom. The zero-order valence-electron chi connectivity index (χ0n) is 15.5. The lowest BCUT2D eigenvalue weighted by Gasteiger charge is -2.23. The smallest absolute Gasteiger partial charge is 0.122 e. The number of anilines is 1. The summed E-state index contributed by atoms with van der Waals surface area (Å²) in [4.78, 5) is 11.7. The van der Waals surface area contributed by atoms with E-state index in [0.29, 0.717) is 29.2 Å². The van der Waals surface area contributed by atoms with Gasteiger partial charge in [-0.3, -0.25) is 5.41 Å². The Kier molecular flexibility index (Phi) is 8.62. The van der Waals surface area contributed by atoms with Gasteiger partial charge in [-0.05, 0) is 60.9 Å². The number of hydrogen-bond donors (Lipinski definition) is 3. The van der Waals surface area contributed by atoms with Crippen LogP contribution in [0.15, 0.2) is 42.5 Å². The average molecular weight is 391 g/mol. The van der Waals surface area contributed by atoms with Crippen LogP contribution in [0.1, 0.15) is 43.0 Å². The van der Waals surface area contributed by atoms with Gasteiger partial charge in [-0.25, -0.2) is 0 Å². The van der Waals surface area contributed by atoms with Crippen molar-refractivity contribution in [3.8, 4) is 5.75 Å². The van der Waals surface area contributed by atoms with E-state index < -0.39 is 12.0 Å². The maximum atomic E-state index is 11.7. The lowest BCUT2D eigenvalue weighted by molar-refractivity contribution is -0.307. The third-order valence-corrected chi connectivity index (χ3v) is 3.91. The molecule has 0 heterocycles. The van der Waals surface area contributed by atoms with Gasteiger partial charge < -0.3 is 25.7 Å². The fourth-order valence-corrected chi connectivity index (χ4v) is 2.73. The Balaban J connectivity index is 0.00000364. The van der Waals surface area contributed by atoms with Crippen LogP contribution in [0.25, 0.3) is 0 Å². The highest BCUT2D eigenvalue weighted by atomic mass is 35.5. The molecule has 0 aliphatic carbocycles. The molecular formula is C20H25ClN3O3-. The zero-order valence-corrected chi connectivity index (χ0v) is 16.3. The normalized spacial score (nSPS) is 11.2. The lowest BCUT2D eigenvalue weighted by atomic mass is 10.0. The van der Waals surface area contributed by atoms with Crippen LogP contribution in [0, 0.1) is 5.41 Å². The first-order valence-corrected chi connectivity index (χ1v) is 8.63. The number of hydrogen-bond acceptors (Lipinski definition) is 5. The van der Waals surface area contributed by atoms with Crippen LogP contribution in [0.4, 0.5) is 5.69 Å². The summed E-state index contributed by atoms with van der Waals surface area (Å²) in [7, 11) is 0. The van der Waals surface area contributed by atoms with Gasteiger partial charge >= 0.3 is 0 Å². The summed E-state index contributed by atoms with van der Waals surface area (Å²) in [5.41, 5.74) is 8.21. The monoisotopic (exact) mass is 390 g/mol. The van der Waals surface area contributed by atoms with Gasteiger partial charge in [0.05, 0.1) is 18.6 Å². The number of nitrogens with two attached hydrogens (primary N) is 1. The molecule has 2 aromatic carbocycles. The van der Waals surface area contributed by atoms with Gasteiger partial charge in [0.15, 0.2) is 0 Å². The number of aryl methyl sites for hydroxylation is 1. The average Bonchev–Trinajstić information content (AvgIpc) is 2.60. The molecule has 0 saturated heterocycles. The SMILES string of the molecule is CCCc1cc(OCC)cc(C(Nc2ccc(C(=N)N)cc2)C(=O)[O-])c1.Cl. The lowest BCUT2D eigenvalue weighted by Crippen LogP contribution is -2.34. The molecule has 0 amide bonds. The fraction of sp³-hybridized carbons (Fsp3) is 0.300. The number of nitrogen functional groups attached to an aromatic ring is 1. The van der Waals surface area contributed by atoms with Crippen molar-refractivity contribution in [2.45, 2.75) is 32.7 Å². The van der Waals surface area contributed by atoms with Gasteiger partial charge in [0.1, 0.15) is 11.6 Å². The summed E-state index contributed by atoms with van der Waals surface area (Å²) in [6.07, 6.45) is 1.78. The number of halogens is 1. The summed E-state index contributed by atoms with van der Waals surface area (Å²) < 4.78 is 5.58. The Hall–Kier alpha value is -2.73. The van der Waals surface area contributed by atoms with E-state index in [9.17, 15) is 9.90 Å².